The maximum Gasteiger partial charge on any atom is 0.488 e. The molecule has 5 heteroatoms. The van der Waals surface area contributed by atoms with Crippen molar-refractivity contribution >= 4 is 12.6 Å². The standard InChI is InChI=1S/C11H16BFO3/c1-11(2,3)16-7-8-6-9(12(14)15)4-5-10(8)13/h4-6,14-15H,7H2,1-3H3. The van der Waals surface area contributed by atoms with E-state index in [-0.39, 0.29) is 17.7 Å². The molecule has 0 amide bonds. The minimum absolute atomic E-state index is 0.107. The lowest BCUT2D eigenvalue weighted by Gasteiger charge is -2.20. The van der Waals surface area contributed by atoms with Gasteiger partial charge in [0.25, 0.3) is 0 Å². The molecule has 0 aromatic heterocycles. The summed E-state index contributed by atoms with van der Waals surface area (Å²) in [5, 5.41) is 17.9. The van der Waals surface area contributed by atoms with Gasteiger partial charge in [0.2, 0.25) is 0 Å². The molecule has 1 rings (SSSR count). The highest BCUT2D eigenvalue weighted by Crippen LogP contribution is 2.13. The van der Waals surface area contributed by atoms with Crippen LogP contribution in [0.25, 0.3) is 0 Å². The molecule has 16 heavy (non-hydrogen) atoms. The Morgan fingerprint density at radius 3 is 2.44 bits per heavy atom. The first-order valence-corrected chi connectivity index (χ1v) is 5.08. The number of rotatable bonds is 3. The normalized spacial score (nSPS) is 11.6. The Morgan fingerprint density at radius 1 is 1.31 bits per heavy atom. The van der Waals surface area contributed by atoms with Crippen molar-refractivity contribution in [2.75, 3.05) is 0 Å². The van der Waals surface area contributed by atoms with Crippen LogP contribution in [0.1, 0.15) is 26.3 Å². The van der Waals surface area contributed by atoms with Crippen LogP contribution in [0.4, 0.5) is 4.39 Å². The second-order valence-electron chi connectivity index (χ2n) is 4.63. The zero-order valence-electron chi connectivity index (χ0n) is 9.70. The Labute approximate surface area is 95.0 Å². The summed E-state index contributed by atoms with van der Waals surface area (Å²) in [5.74, 6) is -0.409. The van der Waals surface area contributed by atoms with Gasteiger partial charge in [0, 0.05) is 5.56 Å². The van der Waals surface area contributed by atoms with Crippen LogP contribution in [0.5, 0.6) is 0 Å². The van der Waals surface area contributed by atoms with Crippen LogP contribution in [0.15, 0.2) is 18.2 Å². The fraction of sp³-hybridized carbons (Fsp3) is 0.455. The average molecular weight is 226 g/mol. The highest BCUT2D eigenvalue weighted by Gasteiger charge is 2.16. The van der Waals surface area contributed by atoms with Crippen molar-refractivity contribution in [2.45, 2.75) is 33.0 Å². The minimum Gasteiger partial charge on any atom is -0.423 e. The molecule has 0 saturated carbocycles. The van der Waals surface area contributed by atoms with E-state index in [0.717, 1.165) is 0 Å². The first kappa shape index (κ1) is 13.2. The number of halogens is 1. The van der Waals surface area contributed by atoms with Gasteiger partial charge >= 0.3 is 7.12 Å². The Balaban J connectivity index is 2.82. The van der Waals surface area contributed by atoms with Gasteiger partial charge < -0.3 is 14.8 Å². The van der Waals surface area contributed by atoms with E-state index in [4.69, 9.17) is 14.8 Å². The van der Waals surface area contributed by atoms with Crippen LogP contribution in [0.2, 0.25) is 0 Å². The fourth-order valence-corrected chi connectivity index (χ4v) is 1.16. The first-order valence-electron chi connectivity index (χ1n) is 5.08. The van der Waals surface area contributed by atoms with Crippen molar-refractivity contribution in [1.29, 1.82) is 0 Å². The van der Waals surface area contributed by atoms with Gasteiger partial charge in [-0.05, 0) is 32.3 Å². The van der Waals surface area contributed by atoms with E-state index in [9.17, 15) is 4.39 Å². The molecule has 0 saturated heterocycles. The van der Waals surface area contributed by atoms with Gasteiger partial charge in [0.15, 0.2) is 0 Å². The van der Waals surface area contributed by atoms with Crippen molar-refractivity contribution in [3.05, 3.63) is 29.6 Å². The molecule has 0 radical (unpaired) electrons. The molecule has 88 valence electrons. The summed E-state index contributed by atoms with van der Waals surface area (Å²) >= 11 is 0. The van der Waals surface area contributed by atoms with Gasteiger partial charge in [-0.3, -0.25) is 0 Å². The topological polar surface area (TPSA) is 49.7 Å². The van der Waals surface area contributed by atoms with Gasteiger partial charge in [-0.25, -0.2) is 4.39 Å². The minimum atomic E-state index is -1.59. The molecule has 2 N–H and O–H groups in total. The first-order chi connectivity index (χ1) is 7.29. The monoisotopic (exact) mass is 226 g/mol. The third-order valence-electron chi connectivity index (χ3n) is 2.03. The molecule has 0 bridgehead atoms. The maximum atomic E-state index is 13.4. The van der Waals surface area contributed by atoms with E-state index in [1.54, 1.807) is 0 Å². The fourth-order valence-electron chi connectivity index (χ4n) is 1.16. The van der Waals surface area contributed by atoms with Crippen molar-refractivity contribution in [1.82, 2.24) is 0 Å². The Hall–Kier alpha value is -0.905. The summed E-state index contributed by atoms with van der Waals surface area (Å²) in [4.78, 5) is 0. The molecule has 0 aliphatic carbocycles. The summed E-state index contributed by atoms with van der Waals surface area (Å²) in [6, 6.07) is 3.93. The lowest BCUT2D eigenvalue weighted by Crippen LogP contribution is -2.30. The van der Waals surface area contributed by atoms with Crippen LogP contribution in [-0.2, 0) is 11.3 Å². The van der Waals surface area contributed by atoms with Crippen LogP contribution >= 0.6 is 0 Å². The maximum absolute atomic E-state index is 13.4. The van der Waals surface area contributed by atoms with E-state index < -0.39 is 12.9 Å². The zero-order chi connectivity index (χ0) is 12.3. The average Bonchev–Trinajstić information content (AvgIpc) is 2.14. The van der Waals surface area contributed by atoms with E-state index in [0.29, 0.717) is 5.56 Å². The Morgan fingerprint density at radius 2 is 1.94 bits per heavy atom. The molecule has 0 aliphatic heterocycles. The molecule has 0 atom stereocenters. The van der Waals surface area contributed by atoms with Crippen LogP contribution in [0, 0.1) is 5.82 Å². The predicted octanol–water partition coefficient (Wildman–Crippen LogP) is 0.821. The van der Waals surface area contributed by atoms with Crippen molar-refractivity contribution in [3.63, 3.8) is 0 Å². The summed E-state index contributed by atoms with van der Waals surface area (Å²) in [7, 11) is -1.59. The smallest absolute Gasteiger partial charge is 0.423 e. The summed E-state index contributed by atoms with van der Waals surface area (Å²) in [6.07, 6.45) is 0. The molecule has 1 aromatic rings. The van der Waals surface area contributed by atoms with Gasteiger partial charge in [-0.1, -0.05) is 12.1 Å². The van der Waals surface area contributed by atoms with Gasteiger partial charge in [0.1, 0.15) is 5.82 Å². The molecule has 1 aromatic carbocycles. The van der Waals surface area contributed by atoms with E-state index >= 15 is 0 Å². The van der Waals surface area contributed by atoms with Crippen LogP contribution in [-0.4, -0.2) is 22.8 Å². The number of hydrogen-bond donors (Lipinski definition) is 2. The summed E-state index contributed by atoms with van der Waals surface area (Å²) in [5.41, 5.74) is 0.217. The van der Waals surface area contributed by atoms with Crippen LogP contribution < -0.4 is 5.46 Å². The molecule has 0 spiro atoms. The van der Waals surface area contributed by atoms with Crippen molar-refractivity contribution in [2.24, 2.45) is 0 Å². The van der Waals surface area contributed by atoms with Gasteiger partial charge in [0.05, 0.1) is 12.2 Å². The molecular formula is C11H16BFO3. The highest BCUT2D eigenvalue weighted by atomic mass is 19.1. The third kappa shape index (κ3) is 3.92. The molecule has 0 fully saturated rings. The van der Waals surface area contributed by atoms with E-state index in [1.807, 2.05) is 20.8 Å². The predicted molar refractivity (Wildman–Crippen MR) is 60.8 cm³/mol. The number of benzene rings is 1. The Bertz CT molecular complexity index is 361. The van der Waals surface area contributed by atoms with E-state index in [1.165, 1.54) is 18.2 Å². The summed E-state index contributed by atoms with van der Waals surface area (Å²) in [6.45, 7) is 5.72. The van der Waals surface area contributed by atoms with Crippen LogP contribution in [0.3, 0.4) is 0 Å². The molecule has 0 heterocycles. The highest BCUT2D eigenvalue weighted by molar-refractivity contribution is 6.58. The zero-order valence-corrected chi connectivity index (χ0v) is 9.70. The SMILES string of the molecule is CC(C)(C)OCc1cc(B(O)O)ccc1F. The molecule has 0 aliphatic rings. The molecule has 3 nitrogen and oxygen atoms in total. The second kappa shape index (κ2) is 4.95. The number of ether oxygens (including phenoxy) is 1. The van der Waals surface area contributed by atoms with E-state index in [2.05, 4.69) is 0 Å². The lowest BCUT2D eigenvalue weighted by atomic mass is 9.79. The number of hydrogen-bond acceptors (Lipinski definition) is 3. The largest absolute Gasteiger partial charge is 0.488 e. The molecular weight excluding hydrogens is 210 g/mol. The summed E-state index contributed by atoms with van der Waals surface area (Å²) < 4.78 is 18.8. The lowest BCUT2D eigenvalue weighted by molar-refractivity contribution is -0.0160. The second-order valence-corrected chi connectivity index (χ2v) is 4.63. The Kier molecular flexibility index (Phi) is 4.07. The van der Waals surface area contributed by atoms with Crippen molar-refractivity contribution < 1.29 is 19.2 Å². The molecule has 0 unspecified atom stereocenters. The van der Waals surface area contributed by atoms with Gasteiger partial charge in [-0.15, -0.1) is 0 Å². The van der Waals surface area contributed by atoms with Gasteiger partial charge in [-0.2, -0.15) is 0 Å². The quantitative estimate of drug-likeness (QED) is 0.750. The van der Waals surface area contributed by atoms with Crippen molar-refractivity contribution in [3.8, 4) is 0 Å². The third-order valence-corrected chi connectivity index (χ3v) is 2.03.